The summed E-state index contributed by atoms with van der Waals surface area (Å²) in [6.07, 6.45) is -0.430. The monoisotopic (exact) mass is 323 g/mol. The van der Waals surface area contributed by atoms with Crippen molar-refractivity contribution < 1.29 is 17.7 Å². The number of halogens is 3. The quantitative estimate of drug-likeness (QED) is 0.736. The highest BCUT2D eigenvalue weighted by molar-refractivity contribution is 5.61. The molecule has 0 atom stereocenters. The van der Waals surface area contributed by atoms with E-state index in [1.807, 2.05) is 0 Å². The maximum absolute atomic E-state index is 13.4. The lowest BCUT2D eigenvalue weighted by Crippen LogP contribution is -2.17. The lowest BCUT2D eigenvalue weighted by Gasteiger charge is -2.14. The molecule has 3 rings (SSSR count). The molecule has 120 valence electrons. The molecule has 0 bridgehead atoms. The second-order valence-electron chi connectivity index (χ2n) is 5.10. The van der Waals surface area contributed by atoms with E-state index in [0.717, 1.165) is 10.9 Å². The molecule has 0 aromatic carbocycles. The van der Waals surface area contributed by atoms with E-state index in [4.69, 9.17) is 4.52 Å². The molecule has 6 nitrogen and oxygen atoms in total. The van der Waals surface area contributed by atoms with Gasteiger partial charge in [-0.15, -0.1) is 0 Å². The molecule has 3 aromatic heterocycles. The fourth-order valence-electron chi connectivity index (χ4n) is 2.14. The van der Waals surface area contributed by atoms with E-state index in [1.54, 1.807) is 26.0 Å². The van der Waals surface area contributed by atoms with Crippen LogP contribution >= 0.6 is 0 Å². The molecule has 0 aliphatic carbocycles. The van der Waals surface area contributed by atoms with Gasteiger partial charge < -0.3 is 4.52 Å². The van der Waals surface area contributed by atoms with Gasteiger partial charge in [-0.05, 0) is 26.0 Å². The predicted octanol–water partition coefficient (Wildman–Crippen LogP) is 3.59. The van der Waals surface area contributed by atoms with Crippen molar-refractivity contribution in [2.24, 2.45) is 0 Å². The summed E-state index contributed by atoms with van der Waals surface area (Å²) in [5.74, 6) is -0.0381. The summed E-state index contributed by atoms with van der Waals surface area (Å²) >= 11 is 0. The minimum absolute atomic E-state index is 0.188. The number of hydrogen-bond acceptors (Lipinski definition) is 5. The molecule has 23 heavy (non-hydrogen) atoms. The van der Waals surface area contributed by atoms with Crippen LogP contribution in [-0.4, -0.2) is 24.9 Å². The highest BCUT2D eigenvalue weighted by Crippen LogP contribution is 2.38. The Kier molecular flexibility index (Phi) is 3.63. The van der Waals surface area contributed by atoms with Gasteiger partial charge in [-0.2, -0.15) is 23.3 Å². The van der Waals surface area contributed by atoms with Crippen LogP contribution in [0.15, 0.2) is 35.2 Å². The van der Waals surface area contributed by atoms with Gasteiger partial charge >= 0.3 is 6.18 Å². The summed E-state index contributed by atoms with van der Waals surface area (Å²) in [6.45, 7) is 3.23. The topological polar surface area (TPSA) is 69.6 Å². The lowest BCUT2D eigenvalue weighted by atomic mass is 10.2. The second kappa shape index (κ2) is 5.49. The molecule has 0 fully saturated rings. The fraction of sp³-hybridized carbons (Fsp3) is 0.286. The van der Waals surface area contributed by atoms with Gasteiger partial charge in [-0.1, -0.05) is 5.16 Å². The van der Waals surface area contributed by atoms with Gasteiger partial charge in [0.05, 0.1) is 11.8 Å². The Morgan fingerprint density at radius 2 is 1.87 bits per heavy atom. The van der Waals surface area contributed by atoms with Crippen molar-refractivity contribution in [3.05, 3.63) is 36.4 Å². The molecular formula is C14H12F3N5O. The van der Waals surface area contributed by atoms with E-state index >= 15 is 0 Å². The summed E-state index contributed by atoms with van der Waals surface area (Å²) in [5.41, 5.74) is -0.545. The molecule has 0 unspecified atom stereocenters. The average molecular weight is 323 g/mol. The van der Waals surface area contributed by atoms with Crippen molar-refractivity contribution in [2.75, 3.05) is 0 Å². The zero-order valence-electron chi connectivity index (χ0n) is 12.2. The number of rotatable bonds is 3. The molecule has 3 aromatic rings. The Bertz CT molecular complexity index is 807. The predicted molar refractivity (Wildman–Crippen MR) is 74.1 cm³/mol. The van der Waals surface area contributed by atoms with E-state index in [-0.39, 0.29) is 17.3 Å². The molecule has 0 amide bonds. The second-order valence-corrected chi connectivity index (χ2v) is 5.10. The first-order chi connectivity index (χ1) is 10.9. The highest BCUT2D eigenvalue weighted by Gasteiger charge is 2.40. The summed E-state index contributed by atoms with van der Waals surface area (Å²) < 4.78 is 46.0. The van der Waals surface area contributed by atoms with Crippen molar-refractivity contribution in [1.82, 2.24) is 24.9 Å². The van der Waals surface area contributed by atoms with E-state index in [0.29, 0.717) is 5.56 Å². The molecule has 0 radical (unpaired) electrons. The zero-order chi connectivity index (χ0) is 16.6. The lowest BCUT2D eigenvalue weighted by molar-refractivity contribution is -0.144. The average Bonchev–Trinajstić information content (AvgIpc) is 3.14. The molecule has 9 heteroatoms. The van der Waals surface area contributed by atoms with E-state index in [2.05, 4.69) is 20.2 Å². The number of pyridine rings is 1. The van der Waals surface area contributed by atoms with Gasteiger partial charge in [-0.25, -0.2) is 0 Å². The van der Waals surface area contributed by atoms with Crippen molar-refractivity contribution in [3.8, 4) is 22.8 Å². The van der Waals surface area contributed by atoms with Crippen LogP contribution in [0, 0.1) is 0 Å². The maximum Gasteiger partial charge on any atom is 0.433 e. The Labute approximate surface area is 129 Å². The van der Waals surface area contributed by atoms with Crippen LogP contribution in [0.1, 0.15) is 25.6 Å². The molecule has 0 aliphatic rings. The van der Waals surface area contributed by atoms with Crippen LogP contribution in [0.25, 0.3) is 22.8 Å². The highest BCUT2D eigenvalue weighted by atomic mass is 19.4. The number of alkyl halides is 3. The number of hydrogen-bond donors (Lipinski definition) is 0. The van der Waals surface area contributed by atoms with E-state index in [1.165, 1.54) is 12.4 Å². The molecule has 3 heterocycles. The van der Waals surface area contributed by atoms with Gasteiger partial charge in [0.1, 0.15) is 0 Å². The molecule has 0 saturated carbocycles. The Hall–Kier alpha value is -2.71. The molecule has 0 spiro atoms. The van der Waals surface area contributed by atoms with Gasteiger partial charge in [0.25, 0.3) is 5.89 Å². The van der Waals surface area contributed by atoms with Gasteiger partial charge in [0.2, 0.25) is 5.82 Å². The Morgan fingerprint density at radius 1 is 1.17 bits per heavy atom. The summed E-state index contributed by atoms with van der Waals surface area (Å²) in [4.78, 5) is 7.90. The normalized spacial score (nSPS) is 12.1. The number of nitrogens with zero attached hydrogens (tertiary/aromatic N) is 5. The number of aromatic nitrogens is 5. The zero-order valence-corrected chi connectivity index (χ0v) is 12.2. The molecule has 0 saturated heterocycles. The minimum atomic E-state index is -4.58. The minimum Gasteiger partial charge on any atom is -0.333 e. The van der Waals surface area contributed by atoms with Crippen molar-refractivity contribution in [3.63, 3.8) is 0 Å². The maximum atomic E-state index is 13.4. The SMILES string of the molecule is CC(C)n1ncc(-c2nc(-c3ccncc3)no2)c1C(F)(F)F. The van der Waals surface area contributed by atoms with Crippen LogP contribution in [-0.2, 0) is 6.18 Å². The third kappa shape index (κ3) is 2.81. The van der Waals surface area contributed by atoms with Crippen LogP contribution in [0.5, 0.6) is 0 Å². The van der Waals surface area contributed by atoms with Crippen LogP contribution in [0.2, 0.25) is 0 Å². The van der Waals surface area contributed by atoms with Gasteiger partial charge in [-0.3, -0.25) is 9.67 Å². The van der Waals surface area contributed by atoms with Crippen LogP contribution in [0.4, 0.5) is 13.2 Å². The third-order valence-corrected chi connectivity index (χ3v) is 3.15. The first kappa shape index (κ1) is 15.2. The van der Waals surface area contributed by atoms with E-state index < -0.39 is 17.9 Å². The fourth-order valence-corrected chi connectivity index (χ4v) is 2.14. The first-order valence-corrected chi connectivity index (χ1v) is 6.77. The van der Waals surface area contributed by atoms with Crippen LogP contribution < -0.4 is 0 Å². The van der Waals surface area contributed by atoms with E-state index in [9.17, 15) is 13.2 Å². The summed E-state index contributed by atoms with van der Waals surface area (Å²) in [5, 5.41) is 7.52. The van der Waals surface area contributed by atoms with Crippen molar-refractivity contribution >= 4 is 0 Å². The Morgan fingerprint density at radius 3 is 2.48 bits per heavy atom. The van der Waals surface area contributed by atoms with Gasteiger partial charge in [0.15, 0.2) is 5.69 Å². The largest absolute Gasteiger partial charge is 0.433 e. The smallest absolute Gasteiger partial charge is 0.333 e. The van der Waals surface area contributed by atoms with Crippen LogP contribution in [0.3, 0.4) is 0 Å². The van der Waals surface area contributed by atoms with Crippen molar-refractivity contribution in [2.45, 2.75) is 26.1 Å². The van der Waals surface area contributed by atoms with Gasteiger partial charge in [0, 0.05) is 24.0 Å². The summed E-state index contributed by atoms with van der Waals surface area (Å²) in [6, 6.07) is 2.82. The molecule has 0 N–H and O–H groups in total. The Balaban J connectivity index is 2.08. The standard InChI is InChI=1S/C14H12F3N5O/c1-8(2)22-11(14(15,16)17)10(7-19-22)13-20-12(21-23-13)9-3-5-18-6-4-9/h3-8H,1-2H3. The first-order valence-electron chi connectivity index (χ1n) is 6.77. The third-order valence-electron chi connectivity index (χ3n) is 3.15. The molecular weight excluding hydrogens is 311 g/mol. The van der Waals surface area contributed by atoms with Crippen molar-refractivity contribution in [1.29, 1.82) is 0 Å². The summed E-state index contributed by atoms with van der Waals surface area (Å²) in [7, 11) is 0. The molecule has 0 aliphatic heterocycles.